The summed E-state index contributed by atoms with van der Waals surface area (Å²) in [5.41, 5.74) is 0. The molecule has 0 aliphatic rings. The van der Waals surface area contributed by atoms with Crippen molar-refractivity contribution in [1.82, 2.24) is 0 Å². The summed E-state index contributed by atoms with van der Waals surface area (Å²) in [5.74, 6) is 0. The number of rotatable bonds is 5. The van der Waals surface area contributed by atoms with Crippen molar-refractivity contribution < 1.29 is 34.7 Å². The molecule has 0 aliphatic carbocycles. The van der Waals surface area contributed by atoms with E-state index in [-0.39, 0.29) is 0 Å². The monoisotopic (exact) mass is 260 g/mol. The van der Waals surface area contributed by atoms with Crippen LogP contribution in [0, 0.1) is 0 Å². The fourth-order valence-corrected chi connectivity index (χ4v) is 0.657. The Hall–Kier alpha value is -0.600. The summed E-state index contributed by atoms with van der Waals surface area (Å²) >= 11 is 0. The number of carbonyl (C=O) groups is 1. The number of hydrogen-bond acceptors (Lipinski definition) is 6. The molecule has 0 aromatic heterocycles. The zero-order valence-corrected chi connectivity index (χ0v) is 6.54. The van der Waals surface area contributed by atoms with Crippen LogP contribution in [0.15, 0.2) is 0 Å². The first-order valence-corrected chi connectivity index (χ1v) is 3.44. The highest BCUT2D eigenvalue weighted by atomic mass is 81.0. The van der Waals surface area contributed by atoms with Crippen molar-refractivity contribution in [2.45, 2.75) is 24.4 Å². The molecule has 0 aromatic rings. The van der Waals surface area contributed by atoms with Crippen LogP contribution in [0.5, 0.6) is 0 Å². The Bertz CT molecular complexity index is 175. The number of hydrogen-bond donors (Lipinski definition) is 5. The molecular weight excluding hydrogens is 249 g/mol. The quantitative estimate of drug-likeness (QED) is 0.334. The van der Waals surface area contributed by atoms with Gasteiger partial charge in [0, 0.05) is 0 Å². The van der Waals surface area contributed by atoms with Crippen LogP contribution in [-0.4, -0.2) is 62.6 Å². The van der Waals surface area contributed by atoms with E-state index in [1.54, 1.807) is 0 Å². The van der Waals surface area contributed by atoms with Crippen LogP contribution in [-0.2, 0) is 4.79 Å². The molecule has 0 fully saturated rings. The zero-order valence-electron chi connectivity index (χ0n) is 6.54. The minimum atomic E-state index is -2.42. The van der Waals surface area contributed by atoms with Gasteiger partial charge in [-0.1, -0.05) is 0 Å². The molecule has 0 saturated heterocycles. The molecule has 0 radical (unpaired) electrons. The van der Waals surface area contributed by atoms with Crippen molar-refractivity contribution >= 4 is 6.04 Å². The molecule has 0 saturated carbocycles. The highest BCUT2D eigenvalue weighted by molar-refractivity contribution is 5.73. The van der Waals surface area contributed by atoms with E-state index < -0.39 is 37.1 Å². The van der Waals surface area contributed by atoms with E-state index in [2.05, 4.69) is 0 Å². The lowest BCUT2D eigenvalue weighted by atomic mass is 10.0. The lowest BCUT2D eigenvalue weighted by Gasteiger charge is -2.22. The highest BCUT2D eigenvalue weighted by Gasteiger charge is 2.34. The number of halogens is 1. The Labute approximate surface area is 72.9 Å². The largest absolute Gasteiger partial charge is 0.394 e. The van der Waals surface area contributed by atoms with Gasteiger partial charge in [-0.25, -0.2) is 0 Å². The standard InChI is InChI=1S/C6H11FO6/c7-6(13)5(12)4(11)3(10)2(9)1-8/h2-5,8-12H,1H2/t2-,3-,4+,5-/m1/s1/i7+62. The average Bonchev–Trinajstić information content (AvgIpc) is 2.12. The summed E-state index contributed by atoms with van der Waals surface area (Å²) in [7, 11) is 0. The summed E-state index contributed by atoms with van der Waals surface area (Å²) < 4.78 is 11.8. The van der Waals surface area contributed by atoms with Crippen LogP contribution >= 0.6 is 0 Å². The van der Waals surface area contributed by atoms with Gasteiger partial charge in [0.05, 0.1) is 6.61 Å². The Morgan fingerprint density at radius 1 is 1.15 bits per heavy atom. The molecular formula is C6H11FO6. The number of carbonyl (C=O) groups excluding carboxylic acids is 1. The van der Waals surface area contributed by atoms with E-state index >= 15 is 0 Å². The van der Waals surface area contributed by atoms with Crippen LogP contribution in [0.3, 0.4) is 0 Å². The van der Waals surface area contributed by atoms with Crippen LogP contribution < -0.4 is 0 Å². The first-order valence-electron chi connectivity index (χ1n) is 3.44. The van der Waals surface area contributed by atoms with Gasteiger partial charge in [0.25, 0.3) is 0 Å². The number of aliphatic hydroxyl groups excluding tert-OH is 5. The lowest BCUT2D eigenvalue weighted by Crippen LogP contribution is -2.47. The molecule has 0 amide bonds. The molecule has 0 unspecified atom stereocenters. The molecule has 13 heavy (non-hydrogen) atoms. The zero-order chi connectivity index (χ0) is 10.6. The predicted molar refractivity (Wildman–Crippen MR) is 37.2 cm³/mol. The third-order valence-electron chi connectivity index (χ3n) is 1.49. The first-order chi connectivity index (χ1) is 5.91. The van der Waals surface area contributed by atoms with Crippen molar-refractivity contribution in [1.29, 1.82) is 0 Å². The molecule has 0 aromatic carbocycles. The second-order valence-electron chi connectivity index (χ2n) is 2.48. The van der Waals surface area contributed by atoms with Gasteiger partial charge in [-0.15, -0.1) is 0 Å². The minimum absolute atomic E-state index is 0.884. The van der Waals surface area contributed by atoms with Gasteiger partial charge < -0.3 is 25.5 Å². The van der Waals surface area contributed by atoms with E-state index in [9.17, 15) is 9.18 Å². The van der Waals surface area contributed by atoms with Crippen molar-refractivity contribution in [2.24, 2.45) is 0 Å². The molecule has 5 N–H and O–H groups in total. The van der Waals surface area contributed by atoms with E-state index in [0.717, 1.165) is 0 Å². The summed E-state index contributed by atoms with van der Waals surface area (Å²) in [5, 5.41) is 43.3. The summed E-state index contributed by atoms with van der Waals surface area (Å²) in [6.45, 7) is -0.884. The maximum atomic E-state index is 11.8. The van der Waals surface area contributed by atoms with Crippen molar-refractivity contribution in [3.63, 3.8) is 0 Å². The normalized spacial score (nSPS) is 20.5. The van der Waals surface area contributed by atoms with Crippen LogP contribution in [0.1, 0.15) is 0 Å². The average molecular weight is 260 g/mol. The fourth-order valence-electron chi connectivity index (χ4n) is 0.657. The van der Waals surface area contributed by atoms with Crippen molar-refractivity contribution in [3.05, 3.63) is 0 Å². The van der Waals surface area contributed by atoms with E-state index in [4.69, 9.17) is 25.5 Å². The van der Waals surface area contributed by atoms with Crippen LogP contribution in [0.2, 0.25) is 0 Å². The molecule has 6 nitrogen and oxygen atoms in total. The van der Waals surface area contributed by atoms with Gasteiger partial charge >= 0.3 is 6.04 Å². The van der Waals surface area contributed by atoms with Gasteiger partial charge in [-0.3, -0.25) is 4.79 Å². The number of aliphatic hydroxyl groups is 5. The van der Waals surface area contributed by atoms with Gasteiger partial charge in [-0.2, -0.15) is 4.39 Å². The first kappa shape index (κ1) is 12.4. The molecule has 0 bridgehead atoms. The molecule has 4 atom stereocenters. The van der Waals surface area contributed by atoms with Gasteiger partial charge in [0.1, 0.15) is 18.3 Å². The summed E-state index contributed by atoms with van der Waals surface area (Å²) in [6, 6.07) is -2.23. The van der Waals surface area contributed by atoms with Crippen LogP contribution in [0.4, 0.5) is 4.39 Å². The fraction of sp³-hybridized carbons (Fsp3) is 0.833. The highest BCUT2D eigenvalue weighted by Crippen LogP contribution is 2.06. The smallest absolute Gasteiger partial charge is 0.332 e. The lowest BCUT2D eigenvalue weighted by molar-refractivity contribution is -0.156. The maximum absolute atomic E-state index is 11.8. The second kappa shape index (κ2) is 5.20. The Balaban J connectivity index is 4.24. The minimum Gasteiger partial charge on any atom is -0.394 e. The second-order valence-corrected chi connectivity index (χ2v) is 2.48. The summed E-state index contributed by atoms with van der Waals surface area (Å²) in [4.78, 5) is 9.87. The van der Waals surface area contributed by atoms with Crippen molar-refractivity contribution in [2.75, 3.05) is 6.61 Å². The Kier molecular flexibility index (Phi) is 4.96. The Morgan fingerprint density at radius 2 is 1.62 bits per heavy atom. The molecule has 7 heteroatoms. The molecule has 0 heterocycles. The summed E-state index contributed by atoms with van der Waals surface area (Å²) in [6.07, 6.45) is -8.32. The molecule has 0 rings (SSSR count). The third kappa shape index (κ3) is 3.33. The van der Waals surface area contributed by atoms with E-state index in [1.807, 2.05) is 0 Å². The maximum Gasteiger partial charge on any atom is 0.332 e. The predicted octanol–water partition coefficient (Wildman–Crippen LogP) is -3.08. The van der Waals surface area contributed by atoms with Gasteiger partial charge in [-0.05, 0) is 0 Å². The van der Waals surface area contributed by atoms with E-state index in [0.29, 0.717) is 0 Å². The van der Waals surface area contributed by atoms with Crippen molar-refractivity contribution in [3.8, 4) is 0 Å². The SMILES string of the molecule is O=C([81F])[C@H](O)[C@@H](O)[C@H](O)[C@H](O)CO. The van der Waals surface area contributed by atoms with Gasteiger partial charge in [0.15, 0.2) is 6.10 Å². The van der Waals surface area contributed by atoms with E-state index in [1.165, 1.54) is 0 Å². The third-order valence-corrected chi connectivity index (χ3v) is 1.49. The van der Waals surface area contributed by atoms with Crippen LogP contribution in [0.25, 0.3) is 0 Å². The molecule has 78 valence electrons. The molecule has 0 spiro atoms. The topological polar surface area (TPSA) is 118 Å². The Morgan fingerprint density at radius 3 is 1.92 bits per heavy atom. The molecule has 0 aliphatic heterocycles. The van der Waals surface area contributed by atoms with Gasteiger partial charge in [0.2, 0.25) is 0 Å².